The van der Waals surface area contributed by atoms with E-state index in [-0.39, 0.29) is 23.6 Å². The fourth-order valence-electron chi connectivity index (χ4n) is 1.82. The van der Waals surface area contributed by atoms with E-state index in [1.807, 2.05) is 6.07 Å². The minimum atomic E-state index is -0.595. The van der Waals surface area contributed by atoms with Gasteiger partial charge in [-0.2, -0.15) is 10.2 Å². The van der Waals surface area contributed by atoms with Crippen LogP contribution in [0, 0.1) is 21.4 Å². The summed E-state index contributed by atoms with van der Waals surface area (Å²) in [6, 6.07) is 5.85. The average Bonchev–Trinajstić information content (AvgIpc) is 3.24. The van der Waals surface area contributed by atoms with Crippen LogP contribution in [0.3, 0.4) is 0 Å². The third-order valence-electron chi connectivity index (χ3n) is 3.05. The fraction of sp³-hybridized carbons (Fsp3) is 0.308. The Labute approximate surface area is 119 Å². The Morgan fingerprint density at radius 2 is 2.33 bits per heavy atom. The Hall–Kier alpha value is -2.95. The highest BCUT2D eigenvalue weighted by atomic mass is 16.6. The van der Waals surface area contributed by atoms with Crippen LogP contribution in [0.15, 0.2) is 22.7 Å². The number of aromatic nitrogens is 2. The van der Waals surface area contributed by atoms with Crippen molar-refractivity contribution in [1.82, 2.24) is 10.1 Å². The van der Waals surface area contributed by atoms with E-state index in [0.717, 1.165) is 12.8 Å². The lowest BCUT2D eigenvalue weighted by Crippen LogP contribution is -2.01. The van der Waals surface area contributed by atoms with Gasteiger partial charge in [-0.15, -0.1) is 0 Å². The molecule has 0 spiro atoms. The first-order valence-corrected chi connectivity index (χ1v) is 6.31. The molecule has 21 heavy (non-hydrogen) atoms. The first kappa shape index (κ1) is 13.1. The highest BCUT2D eigenvalue weighted by Gasteiger charge is 2.29. The van der Waals surface area contributed by atoms with E-state index in [0.29, 0.717) is 17.6 Å². The Balaban J connectivity index is 1.74. The van der Waals surface area contributed by atoms with Crippen LogP contribution < -0.4 is 4.74 Å². The molecule has 1 aliphatic rings. The van der Waals surface area contributed by atoms with E-state index in [4.69, 9.17) is 14.5 Å². The molecule has 8 nitrogen and oxygen atoms in total. The summed E-state index contributed by atoms with van der Waals surface area (Å²) in [5, 5.41) is 23.5. The lowest BCUT2D eigenvalue weighted by molar-refractivity contribution is -0.386. The molecule has 1 aromatic carbocycles. The zero-order valence-corrected chi connectivity index (χ0v) is 10.9. The van der Waals surface area contributed by atoms with Crippen molar-refractivity contribution in [2.75, 3.05) is 0 Å². The second-order valence-corrected chi connectivity index (χ2v) is 4.66. The van der Waals surface area contributed by atoms with Crippen LogP contribution in [0.1, 0.15) is 36.0 Å². The molecule has 1 fully saturated rings. The number of nitro groups is 1. The molecule has 1 saturated carbocycles. The number of benzene rings is 1. The molecular weight excluding hydrogens is 276 g/mol. The molecule has 0 amide bonds. The van der Waals surface area contributed by atoms with E-state index in [2.05, 4.69) is 10.1 Å². The summed E-state index contributed by atoms with van der Waals surface area (Å²) in [7, 11) is 0. The molecule has 2 aromatic rings. The maximum absolute atomic E-state index is 11.0. The Morgan fingerprint density at radius 1 is 1.52 bits per heavy atom. The SMILES string of the molecule is N#Cc1ccc(OCc2noc(C3CC3)n2)c([N+](=O)[O-])c1. The third kappa shape index (κ3) is 2.81. The normalized spacial score (nSPS) is 13.7. The monoisotopic (exact) mass is 286 g/mol. The lowest BCUT2D eigenvalue weighted by atomic mass is 10.2. The zero-order chi connectivity index (χ0) is 14.8. The van der Waals surface area contributed by atoms with Gasteiger partial charge < -0.3 is 9.26 Å². The van der Waals surface area contributed by atoms with Crippen molar-refractivity contribution in [3.8, 4) is 11.8 Å². The summed E-state index contributed by atoms with van der Waals surface area (Å²) in [6.07, 6.45) is 2.09. The number of hydrogen-bond donors (Lipinski definition) is 0. The number of nitriles is 1. The molecule has 1 heterocycles. The van der Waals surface area contributed by atoms with E-state index >= 15 is 0 Å². The molecule has 3 rings (SSSR count). The van der Waals surface area contributed by atoms with Crippen molar-refractivity contribution < 1.29 is 14.2 Å². The van der Waals surface area contributed by atoms with Gasteiger partial charge >= 0.3 is 5.69 Å². The molecular formula is C13H10N4O4. The van der Waals surface area contributed by atoms with Gasteiger partial charge in [0, 0.05) is 12.0 Å². The Kier molecular flexibility index (Phi) is 3.23. The average molecular weight is 286 g/mol. The molecule has 0 N–H and O–H groups in total. The molecule has 1 aliphatic carbocycles. The third-order valence-corrected chi connectivity index (χ3v) is 3.05. The second kappa shape index (κ2) is 5.20. The number of hydrogen-bond acceptors (Lipinski definition) is 7. The first-order valence-electron chi connectivity index (χ1n) is 6.31. The van der Waals surface area contributed by atoms with Crippen LogP contribution in [0.2, 0.25) is 0 Å². The molecule has 8 heteroatoms. The molecule has 0 unspecified atom stereocenters. The predicted molar refractivity (Wildman–Crippen MR) is 68.4 cm³/mol. The summed E-state index contributed by atoms with van der Waals surface area (Å²) in [6.45, 7) is -0.0248. The van der Waals surface area contributed by atoms with Crippen molar-refractivity contribution in [3.63, 3.8) is 0 Å². The van der Waals surface area contributed by atoms with E-state index in [9.17, 15) is 10.1 Å². The summed E-state index contributed by atoms with van der Waals surface area (Å²) in [4.78, 5) is 14.5. The summed E-state index contributed by atoms with van der Waals surface area (Å²) < 4.78 is 10.4. The van der Waals surface area contributed by atoms with Crippen LogP contribution in [0.4, 0.5) is 5.69 Å². The minimum Gasteiger partial charge on any atom is -0.478 e. The number of nitro benzene ring substituents is 1. The maximum atomic E-state index is 11.0. The van der Waals surface area contributed by atoms with Gasteiger partial charge in [-0.1, -0.05) is 5.16 Å². The van der Waals surface area contributed by atoms with Gasteiger partial charge in [-0.3, -0.25) is 10.1 Å². The second-order valence-electron chi connectivity index (χ2n) is 4.66. The fourth-order valence-corrected chi connectivity index (χ4v) is 1.82. The summed E-state index contributed by atoms with van der Waals surface area (Å²) in [5.74, 6) is 1.34. The van der Waals surface area contributed by atoms with Crippen molar-refractivity contribution in [3.05, 3.63) is 45.6 Å². The molecule has 0 bridgehead atoms. The largest absolute Gasteiger partial charge is 0.478 e. The zero-order valence-electron chi connectivity index (χ0n) is 10.9. The van der Waals surface area contributed by atoms with E-state index in [1.165, 1.54) is 18.2 Å². The van der Waals surface area contributed by atoms with Gasteiger partial charge in [-0.05, 0) is 25.0 Å². The van der Waals surface area contributed by atoms with Gasteiger partial charge in [-0.25, -0.2) is 0 Å². The van der Waals surface area contributed by atoms with Crippen molar-refractivity contribution in [2.45, 2.75) is 25.4 Å². The number of nitrogens with zero attached hydrogens (tertiary/aromatic N) is 4. The smallest absolute Gasteiger partial charge is 0.312 e. The first-order chi connectivity index (χ1) is 10.2. The molecule has 0 aliphatic heterocycles. The standard InChI is InChI=1S/C13H10N4O4/c14-6-8-1-4-11(10(5-8)17(18)19)20-7-12-15-13(21-16-12)9-2-3-9/h1,4-5,9H,2-3,7H2. The van der Waals surface area contributed by atoms with E-state index in [1.54, 1.807) is 0 Å². The van der Waals surface area contributed by atoms with Gasteiger partial charge in [0.25, 0.3) is 0 Å². The predicted octanol–water partition coefficient (Wildman–Crippen LogP) is 2.31. The highest BCUT2D eigenvalue weighted by Crippen LogP contribution is 2.38. The van der Waals surface area contributed by atoms with Gasteiger partial charge in [0.05, 0.1) is 16.6 Å². The maximum Gasteiger partial charge on any atom is 0.312 e. The molecule has 0 radical (unpaired) electrons. The molecule has 0 atom stereocenters. The molecule has 0 saturated heterocycles. The van der Waals surface area contributed by atoms with E-state index < -0.39 is 4.92 Å². The van der Waals surface area contributed by atoms with Crippen LogP contribution in [-0.4, -0.2) is 15.1 Å². The minimum absolute atomic E-state index is 0.0248. The van der Waals surface area contributed by atoms with Gasteiger partial charge in [0.1, 0.15) is 0 Å². The van der Waals surface area contributed by atoms with Gasteiger partial charge in [0.2, 0.25) is 11.7 Å². The molecule has 106 valence electrons. The van der Waals surface area contributed by atoms with Crippen molar-refractivity contribution >= 4 is 5.69 Å². The summed E-state index contributed by atoms with van der Waals surface area (Å²) >= 11 is 0. The molecule has 1 aromatic heterocycles. The van der Waals surface area contributed by atoms with Crippen LogP contribution in [-0.2, 0) is 6.61 Å². The number of ether oxygens (including phenoxy) is 1. The lowest BCUT2D eigenvalue weighted by Gasteiger charge is -2.04. The van der Waals surface area contributed by atoms with Crippen LogP contribution in [0.25, 0.3) is 0 Å². The van der Waals surface area contributed by atoms with Crippen molar-refractivity contribution in [1.29, 1.82) is 5.26 Å². The summed E-state index contributed by atoms with van der Waals surface area (Å²) in [5.41, 5.74) is -0.0652. The topological polar surface area (TPSA) is 115 Å². The highest BCUT2D eigenvalue weighted by molar-refractivity contribution is 5.51. The van der Waals surface area contributed by atoms with Crippen LogP contribution in [0.5, 0.6) is 5.75 Å². The Morgan fingerprint density at radius 3 is 3.00 bits per heavy atom. The number of rotatable bonds is 5. The van der Waals surface area contributed by atoms with Crippen molar-refractivity contribution in [2.24, 2.45) is 0 Å². The quantitative estimate of drug-likeness (QED) is 0.611. The Bertz CT molecular complexity index is 730. The van der Waals surface area contributed by atoms with Crippen LogP contribution >= 0.6 is 0 Å². The van der Waals surface area contributed by atoms with Gasteiger partial charge in [0.15, 0.2) is 12.4 Å².